The van der Waals surface area contributed by atoms with E-state index < -0.39 is 23.0 Å². The van der Waals surface area contributed by atoms with E-state index in [4.69, 9.17) is 9.47 Å². The number of aryl methyl sites for hydroxylation is 1. The Hall–Kier alpha value is -5.06. The van der Waals surface area contributed by atoms with Crippen LogP contribution in [-0.4, -0.2) is 33.6 Å². The Morgan fingerprint density at radius 1 is 1.05 bits per heavy atom. The summed E-state index contributed by atoms with van der Waals surface area (Å²) in [6.45, 7) is 4.29. The monoisotopic (exact) mass is 502 g/mol. The van der Waals surface area contributed by atoms with Crippen LogP contribution in [0.5, 0.6) is 5.75 Å². The molecule has 188 valence electrons. The molecule has 0 saturated heterocycles. The molecule has 4 rings (SSSR count). The van der Waals surface area contributed by atoms with Gasteiger partial charge in [-0.2, -0.15) is 5.01 Å². The Labute approximate surface area is 211 Å². The van der Waals surface area contributed by atoms with Crippen molar-refractivity contribution in [2.45, 2.75) is 27.0 Å². The number of benzene rings is 3. The maximum absolute atomic E-state index is 12.6. The molecule has 0 aromatic heterocycles. The maximum atomic E-state index is 12.6. The molecule has 11 nitrogen and oxygen atoms in total. The molecule has 0 radical (unpaired) electrons. The molecule has 2 amide bonds. The summed E-state index contributed by atoms with van der Waals surface area (Å²) in [5.74, 6) is -1.33. The zero-order chi connectivity index (χ0) is 26.7. The van der Waals surface area contributed by atoms with Gasteiger partial charge in [0.25, 0.3) is 11.6 Å². The van der Waals surface area contributed by atoms with Crippen molar-refractivity contribution in [2.24, 2.45) is 5.10 Å². The average Bonchev–Trinajstić information content (AvgIpc) is 3.30. The van der Waals surface area contributed by atoms with Gasteiger partial charge in [-0.3, -0.25) is 24.5 Å². The van der Waals surface area contributed by atoms with Crippen LogP contribution in [0.15, 0.2) is 71.8 Å². The third kappa shape index (κ3) is 5.45. The Morgan fingerprint density at radius 2 is 1.76 bits per heavy atom. The van der Waals surface area contributed by atoms with E-state index in [-0.39, 0.29) is 28.8 Å². The molecular formula is C26H22N4O7. The van der Waals surface area contributed by atoms with Crippen LogP contribution in [0.2, 0.25) is 0 Å². The van der Waals surface area contributed by atoms with Gasteiger partial charge in [0.2, 0.25) is 18.0 Å². The highest BCUT2D eigenvalue weighted by Gasteiger charge is 2.36. The number of esters is 1. The number of ether oxygens (including phenoxy) is 2. The number of hydrazone groups is 1. The predicted molar refractivity (Wildman–Crippen MR) is 133 cm³/mol. The highest BCUT2D eigenvalue weighted by Crippen LogP contribution is 2.37. The Bertz CT molecular complexity index is 1430. The first-order valence-electron chi connectivity index (χ1n) is 11.1. The third-order valence-corrected chi connectivity index (χ3v) is 5.47. The first-order chi connectivity index (χ1) is 17.6. The Balaban J connectivity index is 1.60. The molecule has 0 saturated carbocycles. The van der Waals surface area contributed by atoms with Crippen LogP contribution < -0.4 is 10.1 Å². The summed E-state index contributed by atoms with van der Waals surface area (Å²) in [7, 11) is 0. The number of nitrogens with zero attached hydrogens (tertiary/aromatic N) is 3. The van der Waals surface area contributed by atoms with Crippen molar-refractivity contribution >= 4 is 35.1 Å². The molecule has 11 heteroatoms. The largest absolute Gasteiger partial charge is 0.446 e. The van der Waals surface area contributed by atoms with Crippen LogP contribution >= 0.6 is 0 Å². The number of hydrogen-bond acceptors (Lipinski definition) is 8. The molecule has 0 bridgehead atoms. The molecule has 1 unspecified atom stereocenters. The molecule has 37 heavy (non-hydrogen) atoms. The maximum Gasteiger partial charge on any atom is 0.308 e. The van der Waals surface area contributed by atoms with Crippen molar-refractivity contribution in [3.63, 3.8) is 0 Å². The third-order valence-electron chi connectivity index (χ3n) is 5.47. The summed E-state index contributed by atoms with van der Waals surface area (Å²) >= 11 is 0. The van der Waals surface area contributed by atoms with Gasteiger partial charge in [-0.1, -0.05) is 18.2 Å². The van der Waals surface area contributed by atoms with Crippen LogP contribution in [0.3, 0.4) is 0 Å². The Morgan fingerprint density at radius 3 is 2.38 bits per heavy atom. The van der Waals surface area contributed by atoms with E-state index in [1.165, 1.54) is 32.0 Å². The van der Waals surface area contributed by atoms with Crippen LogP contribution in [0.25, 0.3) is 0 Å². The van der Waals surface area contributed by atoms with E-state index in [2.05, 4.69) is 10.4 Å². The summed E-state index contributed by atoms with van der Waals surface area (Å²) in [5.41, 5.74) is 2.22. The normalized spacial score (nSPS) is 14.4. The first-order valence-corrected chi connectivity index (χ1v) is 11.1. The van der Waals surface area contributed by atoms with Gasteiger partial charge in [-0.15, -0.1) is 5.10 Å². The van der Waals surface area contributed by atoms with Crippen molar-refractivity contribution in [1.82, 2.24) is 5.01 Å². The summed E-state index contributed by atoms with van der Waals surface area (Å²) in [5, 5.41) is 19.4. The summed E-state index contributed by atoms with van der Waals surface area (Å²) < 4.78 is 11.1. The standard InChI is InChI=1S/C26H22N4O7/c1-15-6-4-5-7-21(15)24(33)27-19-10-8-18(9-11-19)25-28-29(16(2)31)26(37-25)22-14-20(30(34)35)12-13-23(22)36-17(3)32/h4-14,26H,1-3H3,(H,27,33). The summed E-state index contributed by atoms with van der Waals surface area (Å²) in [6, 6.07) is 17.4. The number of nitro groups is 1. The van der Waals surface area contributed by atoms with Crippen molar-refractivity contribution < 1.29 is 28.8 Å². The lowest BCUT2D eigenvalue weighted by molar-refractivity contribution is -0.385. The number of hydrogen-bond donors (Lipinski definition) is 1. The minimum absolute atomic E-state index is 0.0000609. The van der Waals surface area contributed by atoms with Crippen molar-refractivity contribution in [3.8, 4) is 5.75 Å². The number of carbonyl (C=O) groups excluding carboxylic acids is 3. The minimum Gasteiger partial charge on any atom is -0.446 e. The van der Waals surface area contributed by atoms with Crippen molar-refractivity contribution in [2.75, 3.05) is 5.32 Å². The highest BCUT2D eigenvalue weighted by atomic mass is 16.6. The topological polar surface area (TPSA) is 140 Å². The van der Waals surface area contributed by atoms with Crippen molar-refractivity contribution in [1.29, 1.82) is 0 Å². The van der Waals surface area contributed by atoms with Gasteiger partial charge in [-0.05, 0) is 48.9 Å². The lowest BCUT2D eigenvalue weighted by Crippen LogP contribution is -2.26. The fourth-order valence-electron chi connectivity index (χ4n) is 3.70. The quantitative estimate of drug-likeness (QED) is 0.229. The molecule has 3 aromatic carbocycles. The Kier molecular flexibility index (Phi) is 6.96. The van der Waals surface area contributed by atoms with Gasteiger partial charge in [0.15, 0.2) is 0 Å². The number of carbonyl (C=O) groups is 3. The predicted octanol–water partition coefficient (Wildman–Crippen LogP) is 4.32. The average molecular weight is 502 g/mol. The number of nitro benzene ring substituents is 1. The molecule has 1 aliphatic heterocycles. The zero-order valence-corrected chi connectivity index (χ0v) is 20.1. The number of rotatable bonds is 6. The van der Waals surface area contributed by atoms with E-state index >= 15 is 0 Å². The molecule has 0 aliphatic carbocycles. The zero-order valence-electron chi connectivity index (χ0n) is 20.1. The summed E-state index contributed by atoms with van der Waals surface area (Å²) in [4.78, 5) is 47.2. The number of nitrogens with one attached hydrogen (secondary N) is 1. The SMILES string of the molecule is CC(=O)Oc1ccc([N+](=O)[O-])cc1C1OC(c2ccc(NC(=O)c3ccccc3C)cc2)=NN1C(C)=O. The fourth-order valence-corrected chi connectivity index (χ4v) is 3.70. The highest BCUT2D eigenvalue weighted by molar-refractivity contribution is 6.05. The second-order valence-electron chi connectivity index (χ2n) is 8.16. The number of amides is 2. The van der Waals surface area contributed by atoms with Crippen molar-refractivity contribution in [3.05, 3.63) is 99.1 Å². The van der Waals surface area contributed by atoms with E-state index in [0.29, 0.717) is 16.8 Å². The molecule has 1 heterocycles. The minimum atomic E-state index is -1.21. The fraction of sp³-hybridized carbons (Fsp3) is 0.154. The van der Waals surface area contributed by atoms with Crippen LogP contribution in [-0.2, 0) is 14.3 Å². The molecule has 3 aromatic rings. The lowest BCUT2D eigenvalue weighted by atomic mass is 10.1. The van der Waals surface area contributed by atoms with Gasteiger partial charge < -0.3 is 14.8 Å². The molecule has 0 spiro atoms. The smallest absolute Gasteiger partial charge is 0.308 e. The molecular weight excluding hydrogens is 480 g/mol. The van der Waals surface area contributed by atoms with Crippen LogP contribution in [0.1, 0.15) is 47.1 Å². The van der Waals surface area contributed by atoms with Crippen LogP contribution in [0.4, 0.5) is 11.4 Å². The number of anilines is 1. The van der Waals surface area contributed by atoms with E-state index in [1.54, 1.807) is 36.4 Å². The lowest BCUT2D eigenvalue weighted by Gasteiger charge is -2.21. The van der Waals surface area contributed by atoms with E-state index in [9.17, 15) is 24.5 Å². The molecule has 1 atom stereocenters. The van der Waals surface area contributed by atoms with Gasteiger partial charge >= 0.3 is 5.97 Å². The first kappa shape index (κ1) is 25.0. The summed E-state index contributed by atoms with van der Waals surface area (Å²) in [6.07, 6.45) is -1.21. The van der Waals surface area contributed by atoms with Gasteiger partial charge in [0, 0.05) is 42.8 Å². The van der Waals surface area contributed by atoms with Crippen LogP contribution in [0, 0.1) is 17.0 Å². The number of non-ortho nitro benzene ring substituents is 1. The molecule has 1 aliphatic rings. The molecule has 0 fully saturated rings. The molecule has 1 N–H and O–H groups in total. The second kappa shape index (κ2) is 10.3. The van der Waals surface area contributed by atoms with Gasteiger partial charge in [-0.25, -0.2) is 0 Å². The van der Waals surface area contributed by atoms with E-state index in [1.807, 2.05) is 19.1 Å². The second-order valence-corrected chi connectivity index (χ2v) is 8.16. The van der Waals surface area contributed by atoms with Gasteiger partial charge in [0.05, 0.1) is 10.5 Å². The van der Waals surface area contributed by atoms with Gasteiger partial charge in [0.1, 0.15) is 5.75 Å². The van der Waals surface area contributed by atoms with E-state index in [0.717, 1.165) is 10.6 Å².